The molecule has 1 saturated heterocycles. The molecule has 1 atom stereocenters. The predicted molar refractivity (Wildman–Crippen MR) is 110 cm³/mol. The third kappa shape index (κ3) is 5.92. The van der Waals surface area contributed by atoms with Gasteiger partial charge >= 0.3 is 0 Å². The number of hydrogen-bond donors (Lipinski definition) is 2. The fourth-order valence-corrected chi connectivity index (χ4v) is 3.70. The summed E-state index contributed by atoms with van der Waals surface area (Å²) >= 11 is 0. The van der Waals surface area contributed by atoms with Crippen LogP contribution in [0.1, 0.15) is 48.9 Å². The molecule has 2 amide bonds. The fourth-order valence-electron chi connectivity index (χ4n) is 3.70. The smallest absolute Gasteiger partial charge is 0.222 e. The number of likely N-dealkylation sites (tertiary alicyclic amines) is 1. The largest absolute Gasteiger partial charge is 0.352 e. The van der Waals surface area contributed by atoms with Gasteiger partial charge < -0.3 is 10.6 Å². The monoisotopic (exact) mass is 379 g/mol. The second kappa shape index (κ2) is 10.0. The molecule has 0 aliphatic carbocycles. The Labute approximate surface area is 167 Å². The Morgan fingerprint density at radius 2 is 1.61 bits per heavy atom. The van der Waals surface area contributed by atoms with Gasteiger partial charge in [-0.3, -0.25) is 14.5 Å². The van der Waals surface area contributed by atoms with E-state index in [2.05, 4.69) is 33.7 Å². The fraction of sp³-hybridized carbons (Fsp3) is 0.391. The van der Waals surface area contributed by atoms with Gasteiger partial charge in [0.25, 0.3) is 0 Å². The van der Waals surface area contributed by atoms with Crippen LogP contribution in [0.5, 0.6) is 0 Å². The van der Waals surface area contributed by atoms with E-state index in [0.717, 1.165) is 30.8 Å². The normalized spacial score (nSPS) is 15.2. The predicted octanol–water partition coefficient (Wildman–Crippen LogP) is 3.17. The molecule has 5 heteroatoms. The van der Waals surface area contributed by atoms with Crippen molar-refractivity contribution in [3.8, 4) is 0 Å². The molecule has 2 aromatic carbocycles. The van der Waals surface area contributed by atoms with Gasteiger partial charge in [-0.15, -0.1) is 0 Å². The minimum Gasteiger partial charge on any atom is -0.352 e. The van der Waals surface area contributed by atoms with Crippen molar-refractivity contribution in [2.24, 2.45) is 0 Å². The van der Waals surface area contributed by atoms with Gasteiger partial charge in [-0.05, 0) is 42.6 Å². The molecule has 2 N–H and O–H groups in total. The van der Waals surface area contributed by atoms with Crippen LogP contribution in [-0.4, -0.2) is 29.8 Å². The molecule has 1 aliphatic rings. The van der Waals surface area contributed by atoms with E-state index in [9.17, 15) is 9.59 Å². The summed E-state index contributed by atoms with van der Waals surface area (Å²) in [6.07, 6.45) is 2.75. The van der Waals surface area contributed by atoms with Gasteiger partial charge in [0.15, 0.2) is 0 Å². The first kappa shape index (κ1) is 20.1. The maximum atomic E-state index is 12.6. The summed E-state index contributed by atoms with van der Waals surface area (Å²) in [4.78, 5) is 26.6. The molecule has 1 heterocycles. The van der Waals surface area contributed by atoms with E-state index in [1.165, 1.54) is 25.3 Å². The van der Waals surface area contributed by atoms with E-state index in [-0.39, 0.29) is 24.3 Å². The Morgan fingerprint density at radius 1 is 0.964 bits per heavy atom. The van der Waals surface area contributed by atoms with Crippen LogP contribution in [0.3, 0.4) is 0 Å². The lowest BCUT2D eigenvalue weighted by Crippen LogP contribution is -2.32. The lowest BCUT2D eigenvalue weighted by Gasteiger charge is -2.19. The zero-order chi connectivity index (χ0) is 19.8. The summed E-state index contributed by atoms with van der Waals surface area (Å²) in [5, 5.41) is 5.91. The minimum absolute atomic E-state index is 0.0708. The van der Waals surface area contributed by atoms with Crippen LogP contribution in [0.25, 0.3) is 0 Å². The van der Waals surface area contributed by atoms with Crippen molar-refractivity contribution < 1.29 is 9.59 Å². The number of rotatable bonds is 8. The third-order valence-electron chi connectivity index (χ3n) is 5.16. The molecule has 0 spiro atoms. The Kier molecular flexibility index (Phi) is 7.20. The average molecular weight is 380 g/mol. The van der Waals surface area contributed by atoms with Crippen LogP contribution in [0, 0.1) is 0 Å². The van der Waals surface area contributed by atoms with Crippen LogP contribution in [0.2, 0.25) is 0 Å². The van der Waals surface area contributed by atoms with E-state index in [0.29, 0.717) is 6.54 Å². The van der Waals surface area contributed by atoms with Crippen LogP contribution >= 0.6 is 0 Å². The number of nitrogens with one attached hydrogen (secondary N) is 2. The van der Waals surface area contributed by atoms with E-state index in [4.69, 9.17) is 0 Å². The lowest BCUT2D eigenvalue weighted by molar-refractivity contribution is -0.122. The van der Waals surface area contributed by atoms with Crippen LogP contribution in [-0.2, 0) is 22.7 Å². The van der Waals surface area contributed by atoms with Gasteiger partial charge in [-0.25, -0.2) is 0 Å². The highest BCUT2D eigenvalue weighted by molar-refractivity contribution is 5.79. The van der Waals surface area contributed by atoms with Gasteiger partial charge in [0.05, 0.1) is 12.5 Å². The van der Waals surface area contributed by atoms with Gasteiger partial charge in [0, 0.05) is 20.0 Å². The summed E-state index contributed by atoms with van der Waals surface area (Å²) in [6.45, 7) is 5.21. The standard InChI is InChI=1S/C23H29N3O2/c1-18(27)25-22(19-9-3-2-4-10-19)15-23(28)24-16-20-11-5-6-12-21(20)17-26-13-7-8-14-26/h2-6,9-12,22H,7-8,13-17H2,1H3,(H,24,28)(H,25,27)/t22-/m1/s1. The molecule has 0 radical (unpaired) electrons. The highest BCUT2D eigenvalue weighted by Crippen LogP contribution is 2.18. The molecule has 3 rings (SSSR count). The lowest BCUT2D eigenvalue weighted by atomic mass is 10.0. The number of amides is 2. The van der Waals surface area contributed by atoms with Crippen LogP contribution < -0.4 is 10.6 Å². The van der Waals surface area contributed by atoms with E-state index in [1.54, 1.807) is 0 Å². The molecule has 1 fully saturated rings. The van der Waals surface area contributed by atoms with Gasteiger partial charge in [-0.1, -0.05) is 54.6 Å². The summed E-state index contributed by atoms with van der Waals surface area (Å²) in [7, 11) is 0. The molecule has 0 bridgehead atoms. The highest BCUT2D eigenvalue weighted by atomic mass is 16.2. The van der Waals surface area contributed by atoms with Crippen molar-refractivity contribution in [1.29, 1.82) is 0 Å². The topological polar surface area (TPSA) is 61.4 Å². The molecular weight excluding hydrogens is 350 g/mol. The maximum absolute atomic E-state index is 12.6. The SMILES string of the molecule is CC(=O)N[C@H](CC(=O)NCc1ccccc1CN1CCCC1)c1ccccc1. The second-order valence-corrected chi connectivity index (χ2v) is 7.40. The third-order valence-corrected chi connectivity index (χ3v) is 5.16. The van der Waals surface area contributed by atoms with Crippen LogP contribution in [0.15, 0.2) is 54.6 Å². The van der Waals surface area contributed by atoms with Crippen LogP contribution in [0.4, 0.5) is 0 Å². The van der Waals surface area contributed by atoms with Crippen molar-refractivity contribution >= 4 is 11.8 Å². The summed E-state index contributed by atoms with van der Waals surface area (Å²) in [5.41, 5.74) is 3.35. The van der Waals surface area contributed by atoms with E-state index in [1.807, 2.05) is 36.4 Å². The molecule has 1 aliphatic heterocycles. The second-order valence-electron chi connectivity index (χ2n) is 7.40. The summed E-state index contributed by atoms with van der Waals surface area (Å²) in [6, 6.07) is 17.6. The molecule has 0 unspecified atom stereocenters. The molecule has 5 nitrogen and oxygen atoms in total. The van der Waals surface area contributed by atoms with Crippen molar-refractivity contribution in [2.45, 2.75) is 45.3 Å². The van der Waals surface area contributed by atoms with E-state index >= 15 is 0 Å². The molecule has 2 aromatic rings. The van der Waals surface area contributed by atoms with Gasteiger partial charge in [0.1, 0.15) is 0 Å². The van der Waals surface area contributed by atoms with Gasteiger partial charge in [0.2, 0.25) is 11.8 Å². The zero-order valence-electron chi connectivity index (χ0n) is 16.5. The molecule has 148 valence electrons. The Balaban J connectivity index is 1.59. The Morgan fingerprint density at radius 3 is 2.29 bits per heavy atom. The van der Waals surface area contributed by atoms with Crippen molar-refractivity contribution in [1.82, 2.24) is 15.5 Å². The molecule has 28 heavy (non-hydrogen) atoms. The quantitative estimate of drug-likeness (QED) is 0.741. The number of carbonyl (C=O) groups is 2. The van der Waals surface area contributed by atoms with Crippen molar-refractivity contribution in [2.75, 3.05) is 13.1 Å². The minimum atomic E-state index is -0.321. The van der Waals surface area contributed by atoms with Gasteiger partial charge in [-0.2, -0.15) is 0 Å². The molecule has 0 aromatic heterocycles. The average Bonchev–Trinajstić information content (AvgIpc) is 3.20. The number of nitrogens with zero attached hydrogens (tertiary/aromatic N) is 1. The number of carbonyl (C=O) groups excluding carboxylic acids is 2. The van der Waals surface area contributed by atoms with E-state index < -0.39 is 0 Å². The first-order valence-corrected chi connectivity index (χ1v) is 9.99. The molecular formula is C23H29N3O2. The van der Waals surface area contributed by atoms with Crippen molar-refractivity contribution in [3.63, 3.8) is 0 Å². The highest BCUT2D eigenvalue weighted by Gasteiger charge is 2.18. The summed E-state index contributed by atoms with van der Waals surface area (Å²) < 4.78 is 0. The first-order valence-electron chi connectivity index (χ1n) is 9.99. The maximum Gasteiger partial charge on any atom is 0.222 e. The number of benzene rings is 2. The Hall–Kier alpha value is -2.66. The number of hydrogen-bond acceptors (Lipinski definition) is 3. The zero-order valence-corrected chi connectivity index (χ0v) is 16.5. The molecule has 0 saturated carbocycles. The summed E-state index contributed by atoms with van der Waals surface area (Å²) in [5.74, 6) is -0.212. The van der Waals surface area contributed by atoms with Crippen molar-refractivity contribution in [3.05, 3.63) is 71.3 Å². The first-order chi connectivity index (χ1) is 13.6. The Bertz CT molecular complexity index is 785.